The molecule has 32 heavy (non-hydrogen) atoms. The number of rotatable bonds is 7. The minimum absolute atomic E-state index is 0.306. The topological polar surface area (TPSA) is 58.5 Å². The third-order valence-electron chi connectivity index (χ3n) is 4.96. The van der Waals surface area contributed by atoms with Crippen molar-refractivity contribution in [1.29, 1.82) is 0 Å². The molecule has 6 nitrogen and oxygen atoms in total. The molecule has 164 valence electrons. The number of hydrogen-bond acceptors (Lipinski definition) is 3. The molecule has 0 spiro atoms. The zero-order chi connectivity index (χ0) is 22.5. The molecule has 4 rings (SSSR count). The second-order valence-corrected chi connectivity index (χ2v) is 8.19. The molecule has 0 aliphatic rings. The lowest BCUT2D eigenvalue weighted by atomic mass is 10.2. The first-order valence-corrected chi connectivity index (χ1v) is 10.7. The SMILES string of the molecule is CN(C)CCn1ccc2cc(NC(=O)Nc3ccc(Oc4cccc(Cl)c4)cc3)ccc21. The molecule has 0 radical (unpaired) electrons. The molecule has 0 saturated carbocycles. The fraction of sp³-hybridized carbons (Fsp3) is 0.160. The van der Waals surface area contributed by atoms with Gasteiger partial charge in [0.15, 0.2) is 0 Å². The highest BCUT2D eigenvalue weighted by Gasteiger charge is 2.07. The molecule has 0 aliphatic heterocycles. The Bertz CT molecular complexity index is 1220. The summed E-state index contributed by atoms with van der Waals surface area (Å²) in [6, 6.07) is 22.0. The number of amides is 2. The Morgan fingerprint density at radius 3 is 2.44 bits per heavy atom. The van der Waals surface area contributed by atoms with E-state index in [-0.39, 0.29) is 6.03 Å². The van der Waals surface area contributed by atoms with Crippen LogP contribution in [-0.4, -0.2) is 36.1 Å². The lowest BCUT2D eigenvalue weighted by molar-refractivity contribution is 0.262. The molecule has 7 heteroatoms. The zero-order valence-electron chi connectivity index (χ0n) is 18.0. The number of nitrogens with one attached hydrogen (secondary N) is 2. The van der Waals surface area contributed by atoms with Gasteiger partial charge < -0.3 is 24.8 Å². The molecule has 0 unspecified atom stereocenters. The van der Waals surface area contributed by atoms with Crippen molar-refractivity contribution in [3.05, 3.63) is 84.0 Å². The molecule has 2 amide bonds. The number of carbonyl (C=O) groups is 1. The number of anilines is 2. The molecule has 0 fully saturated rings. The highest BCUT2D eigenvalue weighted by atomic mass is 35.5. The zero-order valence-corrected chi connectivity index (χ0v) is 18.8. The van der Waals surface area contributed by atoms with Gasteiger partial charge in [-0.05, 0) is 80.8 Å². The summed E-state index contributed by atoms with van der Waals surface area (Å²) >= 11 is 5.98. The van der Waals surface area contributed by atoms with Gasteiger partial charge in [-0.3, -0.25) is 0 Å². The molecule has 0 saturated heterocycles. The summed E-state index contributed by atoms with van der Waals surface area (Å²) in [7, 11) is 4.12. The number of nitrogens with zero attached hydrogens (tertiary/aromatic N) is 2. The van der Waals surface area contributed by atoms with Crippen molar-refractivity contribution >= 4 is 39.9 Å². The second-order valence-electron chi connectivity index (χ2n) is 7.75. The van der Waals surface area contributed by atoms with Gasteiger partial charge in [0, 0.05) is 46.6 Å². The summed E-state index contributed by atoms with van der Waals surface area (Å²) in [5, 5.41) is 7.43. The first-order valence-electron chi connectivity index (χ1n) is 10.3. The molecule has 0 bridgehead atoms. The Balaban J connectivity index is 1.35. The average molecular weight is 449 g/mol. The maximum absolute atomic E-state index is 12.4. The Morgan fingerprint density at radius 2 is 1.69 bits per heavy atom. The minimum Gasteiger partial charge on any atom is -0.457 e. The molecular weight excluding hydrogens is 424 g/mol. The van der Waals surface area contributed by atoms with Gasteiger partial charge in [0.2, 0.25) is 0 Å². The number of hydrogen-bond donors (Lipinski definition) is 2. The fourth-order valence-corrected chi connectivity index (χ4v) is 3.53. The van der Waals surface area contributed by atoms with E-state index in [0.717, 1.165) is 29.7 Å². The highest BCUT2D eigenvalue weighted by molar-refractivity contribution is 6.30. The van der Waals surface area contributed by atoms with Gasteiger partial charge in [-0.15, -0.1) is 0 Å². The summed E-state index contributed by atoms with van der Waals surface area (Å²) < 4.78 is 7.99. The number of halogens is 1. The number of likely N-dealkylation sites (N-methyl/N-ethyl adjacent to an activating group) is 1. The first kappa shape index (κ1) is 21.7. The molecule has 3 aromatic carbocycles. The van der Waals surface area contributed by atoms with Crippen LogP contribution in [0.1, 0.15) is 0 Å². The van der Waals surface area contributed by atoms with Crippen LogP contribution >= 0.6 is 11.6 Å². The third kappa shape index (κ3) is 5.60. The highest BCUT2D eigenvalue weighted by Crippen LogP contribution is 2.25. The van der Waals surface area contributed by atoms with E-state index >= 15 is 0 Å². The quantitative estimate of drug-likeness (QED) is 0.349. The van der Waals surface area contributed by atoms with Gasteiger partial charge >= 0.3 is 6.03 Å². The molecule has 4 aromatic rings. The van der Waals surface area contributed by atoms with Crippen molar-refractivity contribution in [2.45, 2.75) is 6.54 Å². The van der Waals surface area contributed by atoms with Gasteiger partial charge in [0.25, 0.3) is 0 Å². The summed E-state index contributed by atoms with van der Waals surface area (Å²) in [5.41, 5.74) is 2.55. The maximum atomic E-state index is 12.4. The molecule has 0 aliphatic carbocycles. The second kappa shape index (κ2) is 9.77. The first-order chi connectivity index (χ1) is 15.5. The van der Waals surface area contributed by atoms with Crippen molar-refractivity contribution < 1.29 is 9.53 Å². The van der Waals surface area contributed by atoms with Crippen molar-refractivity contribution in [3.63, 3.8) is 0 Å². The third-order valence-corrected chi connectivity index (χ3v) is 5.20. The Morgan fingerprint density at radius 1 is 0.938 bits per heavy atom. The van der Waals surface area contributed by atoms with Crippen molar-refractivity contribution in [2.75, 3.05) is 31.3 Å². The monoisotopic (exact) mass is 448 g/mol. The van der Waals surface area contributed by atoms with E-state index in [1.807, 2.05) is 30.3 Å². The Labute approximate surface area is 192 Å². The van der Waals surface area contributed by atoms with Crippen LogP contribution in [0, 0.1) is 0 Å². The van der Waals surface area contributed by atoms with Crippen molar-refractivity contribution in [2.24, 2.45) is 0 Å². The van der Waals surface area contributed by atoms with Gasteiger partial charge in [-0.1, -0.05) is 17.7 Å². The van der Waals surface area contributed by atoms with Crippen LogP contribution in [0.4, 0.5) is 16.2 Å². The van der Waals surface area contributed by atoms with E-state index < -0.39 is 0 Å². The lowest BCUT2D eigenvalue weighted by Crippen LogP contribution is -2.19. The predicted molar refractivity (Wildman–Crippen MR) is 131 cm³/mol. The number of benzene rings is 3. The van der Waals surface area contributed by atoms with E-state index in [1.165, 1.54) is 0 Å². The fourth-order valence-electron chi connectivity index (χ4n) is 3.35. The number of aromatic nitrogens is 1. The van der Waals surface area contributed by atoms with E-state index in [2.05, 4.69) is 46.5 Å². The van der Waals surface area contributed by atoms with Gasteiger partial charge in [-0.25, -0.2) is 4.79 Å². The largest absolute Gasteiger partial charge is 0.457 e. The summed E-state index contributed by atoms with van der Waals surface area (Å²) in [6.07, 6.45) is 2.07. The number of ether oxygens (including phenoxy) is 1. The number of fused-ring (bicyclic) bond motifs is 1. The van der Waals surface area contributed by atoms with Gasteiger partial charge in [-0.2, -0.15) is 0 Å². The van der Waals surface area contributed by atoms with Crippen molar-refractivity contribution in [1.82, 2.24) is 9.47 Å². The summed E-state index contributed by atoms with van der Waals surface area (Å²) in [4.78, 5) is 14.6. The predicted octanol–water partition coefficient (Wildman–Crippen LogP) is 6.29. The molecular formula is C25H25ClN4O2. The minimum atomic E-state index is -0.306. The number of urea groups is 1. The maximum Gasteiger partial charge on any atom is 0.323 e. The molecule has 1 aromatic heterocycles. The van der Waals surface area contributed by atoms with Crippen LogP contribution < -0.4 is 15.4 Å². The number of carbonyl (C=O) groups excluding carboxylic acids is 1. The van der Waals surface area contributed by atoms with Crippen LogP contribution in [0.3, 0.4) is 0 Å². The van der Waals surface area contributed by atoms with E-state index in [9.17, 15) is 4.79 Å². The smallest absolute Gasteiger partial charge is 0.323 e. The van der Waals surface area contributed by atoms with Gasteiger partial charge in [0.05, 0.1) is 0 Å². The molecule has 0 atom stereocenters. The van der Waals surface area contributed by atoms with Crippen molar-refractivity contribution in [3.8, 4) is 11.5 Å². The summed E-state index contributed by atoms with van der Waals surface area (Å²) in [6.45, 7) is 1.88. The van der Waals surface area contributed by atoms with Crippen LogP contribution in [0.2, 0.25) is 5.02 Å². The Hall–Kier alpha value is -3.48. The standard InChI is InChI=1S/C25H25ClN4O2/c1-29(2)14-15-30-13-12-18-16-21(8-11-24(18)30)28-25(31)27-20-6-9-22(10-7-20)32-23-5-3-4-19(26)17-23/h3-13,16-17H,14-15H2,1-2H3,(H2,27,28,31). The van der Waals surface area contributed by atoms with Crippen LogP contribution in [0.25, 0.3) is 10.9 Å². The van der Waals surface area contributed by atoms with Crippen LogP contribution in [0.5, 0.6) is 11.5 Å². The van der Waals surface area contributed by atoms with Crippen LogP contribution in [-0.2, 0) is 6.54 Å². The Kier molecular flexibility index (Phi) is 6.63. The summed E-state index contributed by atoms with van der Waals surface area (Å²) in [5.74, 6) is 1.31. The molecule has 1 heterocycles. The van der Waals surface area contributed by atoms with E-state index in [1.54, 1.807) is 36.4 Å². The van der Waals surface area contributed by atoms with E-state index in [0.29, 0.717) is 22.2 Å². The van der Waals surface area contributed by atoms with Gasteiger partial charge in [0.1, 0.15) is 11.5 Å². The molecule has 2 N–H and O–H groups in total. The lowest BCUT2D eigenvalue weighted by Gasteiger charge is -2.12. The average Bonchev–Trinajstić information content (AvgIpc) is 3.16. The van der Waals surface area contributed by atoms with Crippen LogP contribution in [0.15, 0.2) is 79.0 Å². The van der Waals surface area contributed by atoms with E-state index in [4.69, 9.17) is 16.3 Å². The normalized spacial score (nSPS) is 11.0.